The number of benzene rings is 2. The van der Waals surface area contributed by atoms with E-state index in [1.807, 2.05) is 12.1 Å². The molecule has 0 bridgehead atoms. The number of rotatable bonds is 3. The van der Waals surface area contributed by atoms with E-state index in [0.717, 1.165) is 22.7 Å². The fourth-order valence-electron chi connectivity index (χ4n) is 1.47. The molecule has 0 aliphatic carbocycles. The van der Waals surface area contributed by atoms with Crippen LogP contribution in [-0.4, -0.2) is 7.11 Å². The Morgan fingerprint density at radius 2 is 1.83 bits per heavy atom. The first-order valence-corrected chi connectivity index (χ1v) is 5.99. The lowest BCUT2D eigenvalue weighted by Crippen LogP contribution is -1.95. The third-order valence-electron chi connectivity index (χ3n) is 2.35. The van der Waals surface area contributed by atoms with Gasteiger partial charge in [-0.2, -0.15) is 0 Å². The molecule has 2 N–H and O–H groups in total. The van der Waals surface area contributed by atoms with Gasteiger partial charge in [0.2, 0.25) is 0 Å². The minimum atomic E-state index is -0.757. The molecule has 2 aromatic rings. The molecule has 2 rings (SSSR count). The molecule has 0 spiro atoms. The Balaban J connectivity index is 2.40. The van der Waals surface area contributed by atoms with Crippen molar-refractivity contribution in [2.45, 2.75) is 9.79 Å². The lowest BCUT2D eigenvalue weighted by atomic mass is 10.3. The minimum absolute atomic E-state index is 0.0627. The molecule has 0 atom stereocenters. The summed E-state index contributed by atoms with van der Waals surface area (Å²) in [6, 6.07) is 9.17. The molecule has 18 heavy (non-hydrogen) atoms. The van der Waals surface area contributed by atoms with Gasteiger partial charge in [-0.05, 0) is 18.2 Å². The van der Waals surface area contributed by atoms with Crippen molar-refractivity contribution in [1.29, 1.82) is 0 Å². The van der Waals surface area contributed by atoms with Crippen molar-refractivity contribution < 1.29 is 13.5 Å². The monoisotopic (exact) mass is 267 g/mol. The average Bonchev–Trinajstić information content (AvgIpc) is 2.36. The number of methoxy groups -OCH3 is 1. The van der Waals surface area contributed by atoms with Gasteiger partial charge in [0.15, 0.2) is 0 Å². The highest BCUT2D eigenvalue weighted by Gasteiger charge is 2.11. The third kappa shape index (κ3) is 2.56. The molecule has 0 aromatic heterocycles. The number of para-hydroxylation sites is 1. The fourth-order valence-corrected chi connectivity index (χ4v) is 2.48. The average molecular weight is 267 g/mol. The quantitative estimate of drug-likeness (QED) is 0.861. The Hall–Kier alpha value is -1.75. The predicted octanol–water partition coefficient (Wildman–Crippen LogP) is 3.71. The zero-order chi connectivity index (χ0) is 13.1. The highest BCUT2D eigenvalue weighted by molar-refractivity contribution is 7.99. The van der Waals surface area contributed by atoms with E-state index in [-0.39, 0.29) is 5.69 Å². The van der Waals surface area contributed by atoms with Crippen molar-refractivity contribution in [3.05, 3.63) is 48.0 Å². The van der Waals surface area contributed by atoms with E-state index in [2.05, 4.69) is 0 Å². The van der Waals surface area contributed by atoms with Crippen LogP contribution < -0.4 is 10.5 Å². The van der Waals surface area contributed by atoms with Gasteiger partial charge >= 0.3 is 0 Å². The molecule has 0 saturated heterocycles. The molecule has 0 unspecified atom stereocenters. The number of nitrogens with two attached hydrogens (primary N) is 1. The van der Waals surface area contributed by atoms with Gasteiger partial charge in [0, 0.05) is 11.0 Å². The molecular weight excluding hydrogens is 256 g/mol. The summed E-state index contributed by atoms with van der Waals surface area (Å²) in [5, 5.41) is 0. The van der Waals surface area contributed by atoms with Crippen molar-refractivity contribution in [3.8, 4) is 5.75 Å². The van der Waals surface area contributed by atoms with E-state index in [4.69, 9.17) is 10.5 Å². The second kappa shape index (κ2) is 5.27. The predicted molar refractivity (Wildman–Crippen MR) is 67.9 cm³/mol. The molecule has 2 nitrogen and oxygen atoms in total. The SMILES string of the molecule is COc1ccccc1Sc1cc(F)cc(F)c1N. The summed E-state index contributed by atoms with van der Waals surface area (Å²) in [7, 11) is 1.54. The summed E-state index contributed by atoms with van der Waals surface area (Å²) >= 11 is 1.16. The van der Waals surface area contributed by atoms with Crippen LogP contribution in [0, 0.1) is 11.6 Å². The van der Waals surface area contributed by atoms with Gasteiger partial charge < -0.3 is 10.5 Å². The van der Waals surface area contributed by atoms with Gasteiger partial charge in [-0.3, -0.25) is 0 Å². The van der Waals surface area contributed by atoms with Gasteiger partial charge in [-0.15, -0.1) is 0 Å². The van der Waals surface area contributed by atoms with Gasteiger partial charge in [0.05, 0.1) is 17.7 Å². The second-order valence-electron chi connectivity index (χ2n) is 3.55. The number of hydrogen-bond acceptors (Lipinski definition) is 3. The molecule has 2 aromatic carbocycles. The van der Waals surface area contributed by atoms with Crippen LogP contribution in [0.5, 0.6) is 5.75 Å². The van der Waals surface area contributed by atoms with Crippen molar-refractivity contribution >= 4 is 17.4 Å². The zero-order valence-corrected chi connectivity index (χ0v) is 10.4. The van der Waals surface area contributed by atoms with E-state index in [0.29, 0.717) is 10.6 Å². The topological polar surface area (TPSA) is 35.2 Å². The molecule has 0 heterocycles. The molecule has 0 aliphatic rings. The molecule has 0 fully saturated rings. The van der Waals surface area contributed by atoms with Crippen LogP contribution in [0.15, 0.2) is 46.2 Å². The van der Waals surface area contributed by atoms with Crippen molar-refractivity contribution in [3.63, 3.8) is 0 Å². The standard InChI is InChI=1S/C13H11F2NOS/c1-17-10-4-2-3-5-11(10)18-12-7-8(14)6-9(15)13(12)16/h2-7H,16H2,1H3. The van der Waals surface area contributed by atoms with Gasteiger partial charge in [0.25, 0.3) is 0 Å². The Labute approximate surface area is 108 Å². The molecule has 0 saturated carbocycles. The second-order valence-corrected chi connectivity index (χ2v) is 4.64. The Kier molecular flexibility index (Phi) is 3.72. The number of anilines is 1. The Morgan fingerprint density at radius 3 is 2.56 bits per heavy atom. The maximum absolute atomic E-state index is 13.3. The molecule has 0 radical (unpaired) electrons. The molecule has 0 amide bonds. The van der Waals surface area contributed by atoms with E-state index < -0.39 is 11.6 Å². The summed E-state index contributed by atoms with van der Waals surface area (Å²) in [4.78, 5) is 1.08. The minimum Gasteiger partial charge on any atom is -0.496 e. The van der Waals surface area contributed by atoms with Crippen LogP contribution in [-0.2, 0) is 0 Å². The summed E-state index contributed by atoms with van der Waals surface area (Å²) in [6.45, 7) is 0. The van der Waals surface area contributed by atoms with Crippen LogP contribution in [0.1, 0.15) is 0 Å². The lowest BCUT2D eigenvalue weighted by Gasteiger charge is -2.10. The molecular formula is C13H11F2NOS. The lowest BCUT2D eigenvalue weighted by molar-refractivity contribution is 0.405. The maximum atomic E-state index is 13.3. The smallest absolute Gasteiger partial charge is 0.150 e. The summed E-state index contributed by atoms with van der Waals surface area (Å²) in [5.74, 6) is -0.780. The zero-order valence-electron chi connectivity index (χ0n) is 9.61. The van der Waals surface area contributed by atoms with E-state index in [9.17, 15) is 8.78 Å². The van der Waals surface area contributed by atoms with E-state index in [1.165, 1.54) is 13.2 Å². The van der Waals surface area contributed by atoms with Crippen LogP contribution in [0.25, 0.3) is 0 Å². The van der Waals surface area contributed by atoms with Gasteiger partial charge in [0.1, 0.15) is 17.4 Å². The molecule has 94 valence electrons. The normalized spacial score (nSPS) is 10.4. The van der Waals surface area contributed by atoms with Crippen molar-refractivity contribution in [2.24, 2.45) is 0 Å². The first-order chi connectivity index (χ1) is 8.61. The Morgan fingerprint density at radius 1 is 1.11 bits per heavy atom. The summed E-state index contributed by atoms with van der Waals surface area (Å²) in [5.41, 5.74) is 5.52. The highest BCUT2D eigenvalue weighted by atomic mass is 32.2. The first-order valence-electron chi connectivity index (χ1n) is 5.17. The van der Waals surface area contributed by atoms with Crippen LogP contribution in [0.2, 0.25) is 0 Å². The number of ether oxygens (including phenoxy) is 1. The van der Waals surface area contributed by atoms with Crippen molar-refractivity contribution in [2.75, 3.05) is 12.8 Å². The highest BCUT2D eigenvalue weighted by Crippen LogP contribution is 2.38. The fraction of sp³-hybridized carbons (Fsp3) is 0.0769. The maximum Gasteiger partial charge on any atom is 0.150 e. The van der Waals surface area contributed by atoms with Gasteiger partial charge in [-0.1, -0.05) is 23.9 Å². The number of nitrogen functional groups attached to an aromatic ring is 1. The molecule has 0 aliphatic heterocycles. The van der Waals surface area contributed by atoms with Crippen molar-refractivity contribution in [1.82, 2.24) is 0 Å². The number of halogens is 2. The number of hydrogen-bond donors (Lipinski definition) is 1. The van der Waals surface area contributed by atoms with Gasteiger partial charge in [-0.25, -0.2) is 8.78 Å². The first kappa shape index (κ1) is 12.7. The Bertz CT molecular complexity index is 575. The van der Waals surface area contributed by atoms with E-state index >= 15 is 0 Å². The van der Waals surface area contributed by atoms with Crippen LogP contribution in [0.3, 0.4) is 0 Å². The third-order valence-corrected chi connectivity index (χ3v) is 3.46. The van der Waals surface area contributed by atoms with Crippen LogP contribution >= 0.6 is 11.8 Å². The summed E-state index contributed by atoms with van der Waals surface area (Å²) < 4.78 is 31.6. The van der Waals surface area contributed by atoms with Crippen LogP contribution in [0.4, 0.5) is 14.5 Å². The summed E-state index contributed by atoms with van der Waals surface area (Å²) in [6.07, 6.45) is 0. The molecule has 5 heteroatoms. The van der Waals surface area contributed by atoms with E-state index in [1.54, 1.807) is 12.1 Å². The largest absolute Gasteiger partial charge is 0.496 e.